The first-order valence-electron chi connectivity index (χ1n) is 9.13. The minimum atomic E-state index is -0.0493. The van der Waals surface area contributed by atoms with Gasteiger partial charge in [-0.25, -0.2) is 4.98 Å². The molecule has 1 N–H and O–H groups in total. The van der Waals surface area contributed by atoms with Crippen molar-refractivity contribution in [2.75, 3.05) is 13.7 Å². The van der Waals surface area contributed by atoms with Gasteiger partial charge in [0, 0.05) is 23.4 Å². The normalized spacial score (nSPS) is 15.9. The van der Waals surface area contributed by atoms with Gasteiger partial charge in [0.05, 0.1) is 23.4 Å². The Balaban J connectivity index is 1.83. The molecule has 1 atom stereocenters. The maximum absolute atomic E-state index is 13.1. The highest BCUT2D eigenvalue weighted by Gasteiger charge is 2.27. The fraction of sp³-hybridized carbons (Fsp3) is 0.273. The molecular formula is C22H22N2O2S. The Kier molecular flexibility index (Phi) is 5.05. The molecule has 0 fully saturated rings. The molecule has 0 saturated heterocycles. The molecule has 3 aromatic rings. The van der Waals surface area contributed by atoms with Gasteiger partial charge in [0.1, 0.15) is 0 Å². The zero-order valence-corrected chi connectivity index (χ0v) is 16.3. The first-order valence-corrected chi connectivity index (χ1v) is 10.0. The maximum Gasteiger partial charge on any atom is 0.252 e. The summed E-state index contributed by atoms with van der Waals surface area (Å²) in [5.74, 6) is -0.0493. The molecule has 4 rings (SSSR count). The lowest BCUT2D eigenvalue weighted by molar-refractivity contribution is 0.0906. The lowest BCUT2D eigenvalue weighted by atomic mass is 10.00. The minimum Gasteiger partial charge on any atom is -0.383 e. The van der Waals surface area contributed by atoms with E-state index in [1.54, 1.807) is 18.4 Å². The lowest BCUT2D eigenvalue weighted by Gasteiger charge is -2.16. The van der Waals surface area contributed by atoms with Crippen LogP contribution in [0.15, 0.2) is 41.8 Å². The Morgan fingerprint density at radius 1 is 1.30 bits per heavy atom. The van der Waals surface area contributed by atoms with E-state index in [9.17, 15) is 4.79 Å². The highest BCUT2D eigenvalue weighted by atomic mass is 32.1. The average Bonchev–Trinajstić information content (AvgIpc) is 3.30. The molecule has 138 valence electrons. The number of carbonyl (C=O) groups excluding carboxylic acids is 1. The number of hydrogen-bond donors (Lipinski definition) is 1. The molecule has 1 aliphatic rings. The molecule has 0 radical (unpaired) electrons. The second-order valence-corrected chi connectivity index (χ2v) is 7.83. The van der Waals surface area contributed by atoms with Gasteiger partial charge in [-0.05, 0) is 54.5 Å². The van der Waals surface area contributed by atoms with Crippen molar-refractivity contribution in [1.29, 1.82) is 0 Å². The van der Waals surface area contributed by atoms with E-state index in [1.807, 2.05) is 31.2 Å². The van der Waals surface area contributed by atoms with Crippen molar-refractivity contribution in [2.45, 2.75) is 25.8 Å². The number of para-hydroxylation sites is 1. The number of methoxy groups -OCH3 is 1. The van der Waals surface area contributed by atoms with Crippen LogP contribution in [-0.2, 0) is 11.2 Å². The van der Waals surface area contributed by atoms with Gasteiger partial charge < -0.3 is 10.1 Å². The van der Waals surface area contributed by atoms with Crippen LogP contribution in [0.3, 0.4) is 0 Å². The molecule has 0 aliphatic heterocycles. The quantitative estimate of drug-likeness (QED) is 0.709. The summed E-state index contributed by atoms with van der Waals surface area (Å²) in [6, 6.07) is 12.0. The van der Waals surface area contributed by atoms with E-state index in [4.69, 9.17) is 9.72 Å². The second kappa shape index (κ2) is 7.62. The number of ether oxygens (including phenoxy) is 1. The van der Waals surface area contributed by atoms with Crippen molar-refractivity contribution < 1.29 is 9.53 Å². The number of benzene rings is 1. The molecule has 4 nitrogen and oxygen atoms in total. The Hall–Kier alpha value is -2.50. The third-order valence-electron chi connectivity index (χ3n) is 4.82. The van der Waals surface area contributed by atoms with E-state index in [-0.39, 0.29) is 11.9 Å². The third kappa shape index (κ3) is 3.53. The van der Waals surface area contributed by atoms with Crippen LogP contribution in [0.2, 0.25) is 0 Å². The van der Waals surface area contributed by atoms with Gasteiger partial charge in [-0.15, -0.1) is 11.3 Å². The van der Waals surface area contributed by atoms with Gasteiger partial charge in [-0.2, -0.15) is 0 Å². The predicted molar refractivity (Wildman–Crippen MR) is 111 cm³/mol. The predicted octanol–water partition coefficient (Wildman–Crippen LogP) is 4.55. The summed E-state index contributed by atoms with van der Waals surface area (Å²) in [7, 11) is 1.64. The molecule has 2 heterocycles. The SMILES string of the molecule is COCC(C)NC(=O)c1c2c(nc3ccccc13)/C(=C/c1cccs1)CC2. The summed E-state index contributed by atoms with van der Waals surface area (Å²) in [5, 5.41) is 6.06. The van der Waals surface area contributed by atoms with Crippen molar-refractivity contribution in [3.8, 4) is 0 Å². The van der Waals surface area contributed by atoms with E-state index >= 15 is 0 Å². The fourth-order valence-corrected chi connectivity index (χ4v) is 4.35. The maximum atomic E-state index is 13.1. The number of nitrogens with one attached hydrogen (secondary N) is 1. The van der Waals surface area contributed by atoms with Crippen molar-refractivity contribution in [1.82, 2.24) is 10.3 Å². The molecule has 5 heteroatoms. The van der Waals surface area contributed by atoms with Crippen molar-refractivity contribution >= 4 is 39.8 Å². The molecular weight excluding hydrogens is 356 g/mol. The highest BCUT2D eigenvalue weighted by Crippen LogP contribution is 2.37. The molecule has 0 bridgehead atoms. The topological polar surface area (TPSA) is 51.2 Å². The van der Waals surface area contributed by atoms with Gasteiger partial charge in [0.15, 0.2) is 0 Å². The van der Waals surface area contributed by atoms with Crippen LogP contribution >= 0.6 is 11.3 Å². The molecule has 1 aromatic carbocycles. The van der Waals surface area contributed by atoms with Gasteiger partial charge >= 0.3 is 0 Å². The number of carbonyl (C=O) groups is 1. The number of thiophene rings is 1. The number of allylic oxidation sites excluding steroid dienone is 1. The van der Waals surface area contributed by atoms with Crippen molar-refractivity contribution in [2.24, 2.45) is 0 Å². The lowest BCUT2D eigenvalue weighted by Crippen LogP contribution is -2.36. The summed E-state index contributed by atoms with van der Waals surface area (Å²) in [5.41, 5.74) is 4.84. The second-order valence-electron chi connectivity index (χ2n) is 6.85. The van der Waals surface area contributed by atoms with Gasteiger partial charge in [0.2, 0.25) is 0 Å². The van der Waals surface area contributed by atoms with E-state index < -0.39 is 0 Å². The summed E-state index contributed by atoms with van der Waals surface area (Å²) < 4.78 is 5.16. The van der Waals surface area contributed by atoms with E-state index in [0.717, 1.165) is 40.6 Å². The van der Waals surface area contributed by atoms with Crippen LogP contribution in [0.1, 0.15) is 39.8 Å². The van der Waals surface area contributed by atoms with Crippen LogP contribution in [0.5, 0.6) is 0 Å². The number of hydrogen-bond acceptors (Lipinski definition) is 4. The van der Waals surface area contributed by atoms with Crippen LogP contribution in [0, 0.1) is 0 Å². The number of amides is 1. The number of fused-ring (bicyclic) bond motifs is 2. The fourth-order valence-electron chi connectivity index (χ4n) is 3.67. The molecule has 0 saturated carbocycles. The minimum absolute atomic E-state index is 0.0485. The monoisotopic (exact) mass is 378 g/mol. The summed E-state index contributed by atoms with van der Waals surface area (Å²) in [6.45, 7) is 2.44. The number of aromatic nitrogens is 1. The first-order chi connectivity index (χ1) is 13.2. The first kappa shape index (κ1) is 17.9. The summed E-state index contributed by atoms with van der Waals surface area (Å²) >= 11 is 1.72. The molecule has 1 unspecified atom stereocenters. The Morgan fingerprint density at radius 2 is 2.15 bits per heavy atom. The van der Waals surface area contributed by atoms with Crippen molar-refractivity contribution in [3.05, 3.63) is 63.5 Å². The number of rotatable bonds is 5. The summed E-state index contributed by atoms with van der Waals surface area (Å²) in [6.07, 6.45) is 3.95. The molecule has 1 amide bonds. The smallest absolute Gasteiger partial charge is 0.252 e. The number of pyridine rings is 1. The standard InChI is InChI=1S/C22H22N2O2S/c1-14(13-26-2)23-22(25)20-17-7-3-4-8-19(17)24-21-15(9-10-18(20)21)12-16-6-5-11-27-16/h3-8,11-12,14H,9-10,13H2,1-2H3,(H,23,25)/b15-12+. The molecule has 2 aromatic heterocycles. The van der Waals surface area contributed by atoms with Gasteiger partial charge in [0.25, 0.3) is 5.91 Å². The van der Waals surface area contributed by atoms with Crippen LogP contribution < -0.4 is 5.32 Å². The zero-order valence-electron chi connectivity index (χ0n) is 15.5. The number of nitrogens with zero attached hydrogens (tertiary/aromatic N) is 1. The summed E-state index contributed by atoms with van der Waals surface area (Å²) in [4.78, 5) is 19.2. The molecule has 1 aliphatic carbocycles. The Labute approximate surface area is 162 Å². The zero-order chi connectivity index (χ0) is 18.8. The van der Waals surface area contributed by atoms with Crippen LogP contribution in [-0.4, -0.2) is 30.6 Å². The van der Waals surface area contributed by atoms with Crippen LogP contribution in [0.4, 0.5) is 0 Å². The average molecular weight is 378 g/mol. The van der Waals surface area contributed by atoms with Gasteiger partial charge in [-0.1, -0.05) is 24.3 Å². The molecule has 0 spiro atoms. The van der Waals surface area contributed by atoms with Gasteiger partial charge in [-0.3, -0.25) is 4.79 Å². The van der Waals surface area contributed by atoms with Crippen molar-refractivity contribution in [3.63, 3.8) is 0 Å². The van der Waals surface area contributed by atoms with E-state index in [2.05, 4.69) is 28.9 Å². The molecule has 27 heavy (non-hydrogen) atoms. The van der Waals surface area contributed by atoms with E-state index in [0.29, 0.717) is 6.61 Å². The Bertz CT molecular complexity index is 1010. The Morgan fingerprint density at radius 3 is 2.93 bits per heavy atom. The largest absolute Gasteiger partial charge is 0.383 e. The third-order valence-corrected chi connectivity index (χ3v) is 5.64. The van der Waals surface area contributed by atoms with Crippen LogP contribution in [0.25, 0.3) is 22.6 Å². The van der Waals surface area contributed by atoms with E-state index in [1.165, 1.54) is 10.5 Å². The highest BCUT2D eigenvalue weighted by molar-refractivity contribution is 7.10.